The second-order valence-electron chi connectivity index (χ2n) is 6.21. The zero-order chi connectivity index (χ0) is 17.3. The third kappa shape index (κ3) is 2.90. The van der Waals surface area contributed by atoms with Crippen molar-refractivity contribution in [1.82, 2.24) is 4.90 Å². The lowest BCUT2D eigenvalue weighted by Crippen LogP contribution is -2.55. The van der Waals surface area contributed by atoms with E-state index in [4.69, 9.17) is 13.9 Å². The highest BCUT2D eigenvalue weighted by Gasteiger charge is 2.45. The number of rotatable bonds is 4. The predicted octanol–water partition coefficient (Wildman–Crippen LogP) is 1.72. The summed E-state index contributed by atoms with van der Waals surface area (Å²) in [5.74, 6) is -1.17. The molecule has 1 aromatic heterocycles. The number of furan rings is 1. The molecule has 2 atom stereocenters. The molecule has 0 aromatic carbocycles. The van der Waals surface area contributed by atoms with Gasteiger partial charge in [0.2, 0.25) is 0 Å². The summed E-state index contributed by atoms with van der Waals surface area (Å²) in [6.07, 6.45) is 4.60. The highest BCUT2D eigenvalue weighted by Crippen LogP contribution is 2.42. The predicted molar refractivity (Wildman–Crippen MR) is 82.3 cm³/mol. The van der Waals surface area contributed by atoms with Gasteiger partial charge in [0.25, 0.3) is 5.91 Å². The molecule has 0 N–H and O–H groups in total. The number of amides is 1. The molecule has 2 heterocycles. The van der Waals surface area contributed by atoms with Crippen LogP contribution in [0.2, 0.25) is 0 Å². The van der Waals surface area contributed by atoms with Gasteiger partial charge >= 0.3 is 11.9 Å². The molecule has 1 aliphatic heterocycles. The summed E-state index contributed by atoms with van der Waals surface area (Å²) < 4.78 is 15.1. The Morgan fingerprint density at radius 1 is 1.12 bits per heavy atom. The minimum Gasteiger partial charge on any atom is -0.469 e. The Balaban J connectivity index is 1.90. The Hall–Kier alpha value is -2.31. The molecule has 1 saturated carbocycles. The maximum absolute atomic E-state index is 13.0. The molecule has 1 saturated heterocycles. The highest BCUT2D eigenvalue weighted by molar-refractivity contribution is 5.99. The molecule has 1 amide bonds. The van der Waals surface area contributed by atoms with Crippen molar-refractivity contribution in [3.05, 3.63) is 23.7 Å². The molecular weight excluding hydrogens is 314 g/mol. The van der Waals surface area contributed by atoms with E-state index in [1.807, 2.05) is 0 Å². The van der Waals surface area contributed by atoms with E-state index in [0.717, 1.165) is 12.8 Å². The molecule has 130 valence electrons. The summed E-state index contributed by atoms with van der Waals surface area (Å²) >= 11 is 0. The van der Waals surface area contributed by atoms with Gasteiger partial charge in [-0.3, -0.25) is 9.59 Å². The van der Waals surface area contributed by atoms with Crippen LogP contribution >= 0.6 is 0 Å². The van der Waals surface area contributed by atoms with Gasteiger partial charge in [0.05, 0.1) is 32.0 Å². The van der Waals surface area contributed by atoms with Gasteiger partial charge in [-0.15, -0.1) is 0 Å². The van der Waals surface area contributed by atoms with Crippen LogP contribution in [0.4, 0.5) is 0 Å². The van der Waals surface area contributed by atoms with Gasteiger partial charge in [-0.05, 0) is 31.7 Å². The summed E-state index contributed by atoms with van der Waals surface area (Å²) in [5, 5.41) is 0. The fourth-order valence-electron chi connectivity index (χ4n) is 3.35. The molecule has 7 nitrogen and oxygen atoms in total. The monoisotopic (exact) mass is 335 g/mol. The van der Waals surface area contributed by atoms with Gasteiger partial charge in [-0.25, -0.2) is 4.79 Å². The van der Waals surface area contributed by atoms with E-state index in [-0.39, 0.29) is 11.8 Å². The van der Waals surface area contributed by atoms with Gasteiger partial charge in [0.15, 0.2) is 0 Å². The van der Waals surface area contributed by atoms with Crippen LogP contribution in [-0.4, -0.2) is 49.6 Å². The summed E-state index contributed by atoms with van der Waals surface area (Å²) in [4.78, 5) is 38.7. The molecule has 1 aromatic rings. The maximum atomic E-state index is 13.0. The zero-order valence-electron chi connectivity index (χ0n) is 13.8. The second kappa shape index (κ2) is 6.67. The van der Waals surface area contributed by atoms with Gasteiger partial charge in [0.1, 0.15) is 11.8 Å². The van der Waals surface area contributed by atoms with E-state index in [0.29, 0.717) is 30.7 Å². The van der Waals surface area contributed by atoms with Crippen LogP contribution in [0.1, 0.15) is 47.7 Å². The number of hydrogen-bond donors (Lipinski definition) is 0. The summed E-state index contributed by atoms with van der Waals surface area (Å²) in [6, 6.07) is 0.664. The maximum Gasteiger partial charge on any atom is 0.329 e. The van der Waals surface area contributed by atoms with Crippen molar-refractivity contribution >= 4 is 17.8 Å². The molecule has 7 heteroatoms. The number of ether oxygens (including phenoxy) is 2. The van der Waals surface area contributed by atoms with Crippen molar-refractivity contribution in [3.63, 3.8) is 0 Å². The van der Waals surface area contributed by atoms with Crippen molar-refractivity contribution in [2.75, 3.05) is 20.8 Å². The molecule has 0 bridgehead atoms. The number of carbonyl (C=O) groups is 3. The van der Waals surface area contributed by atoms with Crippen molar-refractivity contribution in [2.24, 2.45) is 5.92 Å². The van der Waals surface area contributed by atoms with E-state index < -0.39 is 23.9 Å². The normalized spacial score (nSPS) is 23.7. The van der Waals surface area contributed by atoms with Crippen LogP contribution in [0.3, 0.4) is 0 Å². The fourth-order valence-corrected chi connectivity index (χ4v) is 3.35. The molecule has 3 rings (SSSR count). The minimum absolute atomic E-state index is 0.275. The molecule has 0 radical (unpaired) electrons. The van der Waals surface area contributed by atoms with Crippen LogP contribution in [0.25, 0.3) is 0 Å². The third-order valence-corrected chi connectivity index (χ3v) is 4.71. The highest BCUT2D eigenvalue weighted by atomic mass is 16.5. The standard InChI is InChI=1S/C17H21NO6/c1-22-16(20)11-4-3-8-18(13(11)17(21)23-2)15(19)12-7-9-24-14(12)10-5-6-10/h7,9-11,13H,3-6,8H2,1-2H3. The van der Waals surface area contributed by atoms with E-state index in [1.54, 1.807) is 6.07 Å². The van der Waals surface area contributed by atoms with Crippen LogP contribution in [0.15, 0.2) is 16.7 Å². The number of esters is 2. The third-order valence-electron chi connectivity index (χ3n) is 4.71. The van der Waals surface area contributed by atoms with Gasteiger partial charge in [0, 0.05) is 12.5 Å². The lowest BCUT2D eigenvalue weighted by Gasteiger charge is -2.38. The molecule has 1 aliphatic carbocycles. The number of methoxy groups -OCH3 is 2. The van der Waals surface area contributed by atoms with Gasteiger partial charge in [-0.2, -0.15) is 0 Å². The average Bonchev–Trinajstić information content (AvgIpc) is 3.35. The number of nitrogens with zero attached hydrogens (tertiary/aromatic N) is 1. The molecular formula is C17H21NO6. The summed E-state index contributed by atoms with van der Waals surface area (Å²) in [6.45, 7) is 0.390. The van der Waals surface area contributed by atoms with E-state index in [9.17, 15) is 14.4 Å². The first-order chi connectivity index (χ1) is 11.6. The summed E-state index contributed by atoms with van der Waals surface area (Å²) in [5.41, 5.74) is 0.469. The van der Waals surface area contributed by atoms with Gasteiger partial charge < -0.3 is 18.8 Å². The average molecular weight is 335 g/mol. The van der Waals surface area contributed by atoms with Crippen LogP contribution in [0.5, 0.6) is 0 Å². The van der Waals surface area contributed by atoms with Gasteiger partial charge in [-0.1, -0.05) is 0 Å². The largest absolute Gasteiger partial charge is 0.469 e. The quantitative estimate of drug-likeness (QED) is 0.779. The van der Waals surface area contributed by atoms with Crippen LogP contribution in [0, 0.1) is 5.92 Å². The first-order valence-electron chi connectivity index (χ1n) is 8.12. The Morgan fingerprint density at radius 2 is 1.83 bits per heavy atom. The fraction of sp³-hybridized carbons (Fsp3) is 0.588. The topological polar surface area (TPSA) is 86.0 Å². The summed E-state index contributed by atoms with van der Waals surface area (Å²) in [7, 11) is 2.53. The van der Waals surface area contributed by atoms with Crippen LogP contribution in [-0.2, 0) is 19.1 Å². The Labute approximate surface area is 139 Å². The van der Waals surface area contributed by atoms with E-state index in [2.05, 4.69) is 0 Å². The number of piperidine rings is 1. The zero-order valence-corrected chi connectivity index (χ0v) is 13.8. The van der Waals surface area contributed by atoms with E-state index >= 15 is 0 Å². The molecule has 24 heavy (non-hydrogen) atoms. The minimum atomic E-state index is -0.967. The van der Waals surface area contributed by atoms with Crippen molar-refractivity contribution in [2.45, 2.75) is 37.6 Å². The van der Waals surface area contributed by atoms with Crippen LogP contribution < -0.4 is 0 Å². The number of likely N-dealkylation sites (tertiary alicyclic amines) is 1. The molecule has 2 fully saturated rings. The van der Waals surface area contributed by atoms with E-state index in [1.165, 1.54) is 25.4 Å². The SMILES string of the molecule is COC(=O)C1CCCN(C(=O)c2ccoc2C2CC2)C1C(=O)OC. The molecule has 2 unspecified atom stereocenters. The first kappa shape index (κ1) is 16.5. The Morgan fingerprint density at radius 3 is 2.46 bits per heavy atom. The van der Waals surface area contributed by atoms with Crippen molar-refractivity contribution in [3.8, 4) is 0 Å². The van der Waals surface area contributed by atoms with Crippen molar-refractivity contribution in [1.29, 1.82) is 0 Å². The number of carbonyl (C=O) groups excluding carboxylic acids is 3. The Bertz CT molecular complexity index is 647. The first-order valence-corrected chi connectivity index (χ1v) is 8.12. The lowest BCUT2D eigenvalue weighted by atomic mass is 9.88. The lowest BCUT2D eigenvalue weighted by molar-refractivity contribution is -0.160. The smallest absolute Gasteiger partial charge is 0.329 e. The molecule has 0 spiro atoms. The number of hydrogen-bond acceptors (Lipinski definition) is 6. The molecule has 2 aliphatic rings. The second-order valence-corrected chi connectivity index (χ2v) is 6.21. The Kier molecular flexibility index (Phi) is 4.59. The van der Waals surface area contributed by atoms with Crippen molar-refractivity contribution < 1.29 is 28.3 Å².